The summed E-state index contributed by atoms with van der Waals surface area (Å²) >= 11 is 2.23. The first-order chi connectivity index (χ1) is 30.1. The number of halogens is 4. The topological polar surface area (TPSA) is 212 Å². The zero-order chi connectivity index (χ0) is 45.2. The van der Waals surface area contributed by atoms with Crippen LogP contribution in [0.4, 0.5) is 23.8 Å². The van der Waals surface area contributed by atoms with Crippen LogP contribution in [0.2, 0.25) is 0 Å². The van der Waals surface area contributed by atoms with Crippen LogP contribution in [0.5, 0.6) is 17.2 Å². The number of carbonyl (C=O) groups is 1. The van der Waals surface area contributed by atoms with E-state index in [0.29, 0.717) is 75.9 Å². The number of alkyl halides is 3. The Morgan fingerprint density at radius 1 is 0.921 bits per heavy atom. The molecule has 1 amide bonds. The van der Waals surface area contributed by atoms with E-state index in [9.17, 15) is 28.2 Å². The molecule has 2 aromatic carbocycles. The first-order valence-electron chi connectivity index (χ1n) is 20.1. The van der Waals surface area contributed by atoms with E-state index in [1.807, 2.05) is 63.2 Å². The lowest BCUT2D eigenvalue weighted by Crippen LogP contribution is -2.57. The van der Waals surface area contributed by atoms with Crippen molar-refractivity contribution in [2.24, 2.45) is 0 Å². The largest absolute Gasteiger partial charge is 0.487 e. The minimum atomic E-state index is -4.67. The summed E-state index contributed by atoms with van der Waals surface area (Å²) in [6.45, 7) is 8.83. The van der Waals surface area contributed by atoms with Crippen molar-refractivity contribution in [1.29, 1.82) is 0 Å². The number of amides is 1. The van der Waals surface area contributed by atoms with Crippen molar-refractivity contribution < 1.29 is 66.1 Å². The van der Waals surface area contributed by atoms with Crippen LogP contribution in [0.25, 0.3) is 0 Å². The fraction of sp³-hybridized carbons (Fsp3) is 0.537. The van der Waals surface area contributed by atoms with Gasteiger partial charge in [-0.2, -0.15) is 13.2 Å². The Kier molecular flexibility index (Phi) is 19.3. The first-order valence-corrected chi connectivity index (χ1v) is 21.2. The predicted molar refractivity (Wildman–Crippen MR) is 227 cm³/mol. The van der Waals surface area contributed by atoms with Gasteiger partial charge in [0.15, 0.2) is 5.69 Å². The molecule has 4 N–H and O–H groups in total. The third-order valence-corrected chi connectivity index (χ3v) is 9.70. The lowest BCUT2D eigenvalue weighted by atomic mass is 9.98. The summed E-state index contributed by atoms with van der Waals surface area (Å²) in [5.74, 6) is 1.82. The highest BCUT2D eigenvalue weighted by atomic mass is 127. The van der Waals surface area contributed by atoms with Crippen LogP contribution in [0, 0.1) is 3.57 Å². The molecule has 0 unspecified atom stereocenters. The number of aliphatic hydroxyl groups is 2. The molecular weight excluding hydrogens is 950 g/mol. The number of nitrogens with zero attached hydrogens (tertiary/aromatic N) is 5. The quantitative estimate of drug-likeness (QED) is 0.0549. The van der Waals surface area contributed by atoms with Gasteiger partial charge in [-0.3, -0.25) is 4.98 Å². The first kappa shape index (κ1) is 49.6. The average molecular weight is 1000 g/mol. The molecule has 346 valence electrons. The number of rotatable bonds is 24. The molecule has 63 heavy (non-hydrogen) atoms. The van der Waals surface area contributed by atoms with Crippen LogP contribution in [-0.2, 0) is 54.2 Å². The molecule has 1 aliphatic heterocycles. The van der Waals surface area contributed by atoms with Crippen molar-refractivity contribution in [3.05, 3.63) is 81.6 Å². The number of aliphatic hydroxyl groups excluding tert-OH is 2. The Hall–Kier alpha value is -4.43. The molecular formula is C41H53F3IN7O11. The highest BCUT2D eigenvalue weighted by Crippen LogP contribution is 2.30. The van der Waals surface area contributed by atoms with Gasteiger partial charge in [-0.05, 0) is 91.7 Å². The van der Waals surface area contributed by atoms with Gasteiger partial charge >= 0.3 is 12.3 Å². The van der Waals surface area contributed by atoms with Crippen LogP contribution < -0.4 is 20.1 Å². The SMILES string of the molecule is CC(C)(C)OC(=O)NCCc1ccc(Oc2ccc(OCc3cn(CCOCCOCCOCCOC[C@H]4OC[C@H](Nc5cncc(C(F)(F)F)n5)[C@@H](O)[C@H]4O)nn3)cc2)c(I)c1. The van der Waals surface area contributed by atoms with Gasteiger partial charge in [0.1, 0.15) is 59.3 Å². The molecule has 18 nitrogen and oxygen atoms in total. The number of hydrogen-bond acceptors (Lipinski definition) is 16. The van der Waals surface area contributed by atoms with Crippen LogP contribution in [-0.4, -0.2) is 137 Å². The van der Waals surface area contributed by atoms with Crippen molar-refractivity contribution in [3.8, 4) is 17.2 Å². The molecule has 0 aliphatic carbocycles. The van der Waals surface area contributed by atoms with Crippen molar-refractivity contribution in [1.82, 2.24) is 30.3 Å². The summed E-state index contributed by atoms with van der Waals surface area (Å²) in [5, 5.41) is 34.6. The molecule has 0 bridgehead atoms. The molecule has 4 atom stereocenters. The Labute approximate surface area is 376 Å². The standard InChI is InChI=1S/C41H53F3IN7O11/c1-40(2,3)63-39(55)47-11-10-27-4-9-33(31(45)20-27)62-30-7-5-29(6-8-30)60-24-28-23-52(51-50-28)12-13-56-14-15-57-16-17-58-18-19-59-26-34-38(54)37(53)32(25-61-34)48-36-22-46-21-35(49-36)41(42,43)44/h4-9,20-23,32,34,37-38,53-54H,10-19,24-26H2,1-3H3,(H,47,55)(H,48,49)/t32-,34+,37+,38-/m0/s1. The van der Waals surface area contributed by atoms with Gasteiger partial charge in [-0.25, -0.2) is 14.5 Å². The summed E-state index contributed by atoms with van der Waals surface area (Å²) in [6.07, 6.45) is -4.53. The van der Waals surface area contributed by atoms with Gasteiger partial charge in [-0.15, -0.1) is 5.10 Å². The van der Waals surface area contributed by atoms with Gasteiger partial charge in [0.05, 0.1) is 94.2 Å². The summed E-state index contributed by atoms with van der Waals surface area (Å²) in [4.78, 5) is 18.9. The summed E-state index contributed by atoms with van der Waals surface area (Å²) in [5.41, 5.74) is 0.00288. The smallest absolute Gasteiger partial charge is 0.434 e. The highest BCUT2D eigenvalue weighted by molar-refractivity contribution is 14.1. The number of anilines is 1. The van der Waals surface area contributed by atoms with Gasteiger partial charge in [0.25, 0.3) is 0 Å². The van der Waals surface area contributed by atoms with Crippen LogP contribution in [0.3, 0.4) is 0 Å². The van der Waals surface area contributed by atoms with Gasteiger partial charge < -0.3 is 58.7 Å². The maximum Gasteiger partial charge on any atom is 0.434 e. The number of benzene rings is 2. The number of carbonyl (C=O) groups excluding carboxylic acids is 1. The van der Waals surface area contributed by atoms with Crippen molar-refractivity contribution in [2.45, 2.75) is 76.5 Å². The molecule has 1 fully saturated rings. The van der Waals surface area contributed by atoms with E-state index in [1.54, 1.807) is 10.9 Å². The fourth-order valence-corrected chi connectivity index (χ4v) is 6.43. The number of ether oxygens (including phenoxy) is 8. The van der Waals surface area contributed by atoms with Crippen LogP contribution in [0.1, 0.15) is 37.7 Å². The van der Waals surface area contributed by atoms with E-state index < -0.39 is 47.9 Å². The molecule has 0 radical (unpaired) electrons. The predicted octanol–water partition coefficient (Wildman–Crippen LogP) is 4.80. The average Bonchev–Trinajstić information content (AvgIpc) is 3.69. The Morgan fingerprint density at radius 3 is 2.29 bits per heavy atom. The van der Waals surface area contributed by atoms with E-state index >= 15 is 0 Å². The molecule has 3 heterocycles. The van der Waals surface area contributed by atoms with E-state index in [1.165, 1.54) is 0 Å². The van der Waals surface area contributed by atoms with Gasteiger partial charge in [0.2, 0.25) is 0 Å². The molecule has 22 heteroatoms. The van der Waals surface area contributed by atoms with Crippen molar-refractivity contribution >= 4 is 34.5 Å². The number of nitrogens with one attached hydrogen (secondary N) is 2. The third kappa shape index (κ3) is 17.6. The maximum atomic E-state index is 12.9. The van der Waals surface area contributed by atoms with Gasteiger partial charge in [-0.1, -0.05) is 11.3 Å². The molecule has 5 rings (SSSR count). The highest BCUT2D eigenvalue weighted by Gasteiger charge is 2.39. The Balaban J connectivity index is 0.847. The van der Waals surface area contributed by atoms with Gasteiger partial charge in [0, 0.05) is 6.54 Å². The van der Waals surface area contributed by atoms with Crippen molar-refractivity contribution in [3.63, 3.8) is 0 Å². The molecule has 2 aromatic heterocycles. The maximum absolute atomic E-state index is 12.9. The summed E-state index contributed by atoms with van der Waals surface area (Å²) in [7, 11) is 0. The van der Waals surface area contributed by atoms with E-state index in [-0.39, 0.29) is 38.9 Å². The fourth-order valence-electron chi connectivity index (χ4n) is 5.74. The lowest BCUT2D eigenvalue weighted by molar-refractivity contribution is -0.161. The lowest BCUT2D eigenvalue weighted by Gasteiger charge is -2.38. The molecule has 0 spiro atoms. The summed E-state index contributed by atoms with van der Waals surface area (Å²) < 4.78 is 86.3. The van der Waals surface area contributed by atoms with E-state index in [0.717, 1.165) is 21.1 Å². The number of hydrogen-bond donors (Lipinski definition) is 4. The van der Waals surface area contributed by atoms with E-state index in [4.69, 9.17) is 37.9 Å². The number of alkyl carbamates (subject to hydrolysis) is 1. The van der Waals surface area contributed by atoms with Crippen LogP contribution >= 0.6 is 22.6 Å². The third-order valence-electron chi connectivity index (χ3n) is 8.86. The van der Waals surface area contributed by atoms with Crippen molar-refractivity contribution in [2.75, 3.05) is 71.3 Å². The minimum absolute atomic E-state index is 0.0278. The molecule has 1 aliphatic rings. The second kappa shape index (κ2) is 24.6. The minimum Gasteiger partial charge on any atom is -0.487 e. The molecule has 4 aromatic rings. The van der Waals surface area contributed by atoms with E-state index in [2.05, 4.69) is 53.5 Å². The second-order valence-corrected chi connectivity index (χ2v) is 16.2. The normalized spacial score (nSPS) is 17.9. The Morgan fingerprint density at radius 2 is 1.60 bits per heavy atom. The monoisotopic (exact) mass is 1000 g/mol. The zero-order valence-electron chi connectivity index (χ0n) is 35.1. The zero-order valence-corrected chi connectivity index (χ0v) is 37.2. The molecule has 1 saturated heterocycles. The number of aromatic nitrogens is 5. The second-order valence-electron chi connectivity index (χ2n) is 15.1. The molecule has 0 saturated carbocycles. The Bertz CT molecular complexity index is 1990. The summed E-state index contributed by atoms with van der Waals surface area (Å²) in [6, 6.07) is 12.3. The van der Waals surface area contributed by atoms with Crippen LogP contribution in [0.15, 0.2) is 61.1 Å².